The summed E-state index contributed by atoms with van der Waals surface area (Å²) >= 11 is 8.65. The van der Waals surface area contributed by atoms with Crippen molar-refractivity contribution in [2.75, 3.05) is 0 Å². The van der Waals surface area contributed by atoms with E-state index >= 15 is 0 Å². The summed E-state index contributed by atoms with van der Waals surface area (Å²) in [5.41, 5.74) is 0.569. The first-order valence-electron chi connectivity index (χ1n) is 4.63. The van der Waals surface area contributed by atoms with Crippen molar-refractivity contribution in [3.05, 3.63) is 45.2 Å². The van der Waals surface area contributed by atoms with Crippen molar-refractivity contribution in [3.8, 4) is 11.4 Å². The molecule has 88 valence electrons. The quantitative estimate of drug-likeness (QED) is 0.583. The molecule has 1 heterocycles. The van der Waals surface area contributed by atoms with Crippen LogP contribution in [0, 0.1) is 18.6 Å². The SMILES string of the molecule is Cc1cc(Cl)nc(-c2cc(F)c(Br)cc2F)n1. The van der Waals surface area contributed by atoms with E-state index in [0.29, 0.717) is 5.69 Å². The lowest BCUT2D eigenvalue weighted by Gasteiger charge is -2.05. The molecular weight excluding hydrogens is 313 g/mol. The maximum absolute atomic E-state index is 13.7. The molecule has 2 rings (SSSR count). The van der Waals surface area contributed by atoms with Gasteiger partial charge in [-0.15, -0.1) is 0 Å². The molecule has 0 spiro atoms. The zero-order chi connectivity index (χ0) is 12.6. The number of rotatable bonds is 1. The third kappa shape index (κ3) is 2.61. The van der Waals surface area contributed by atoms with Crippen LogP contribution in [0.3, 0.4) is 0 Å². The Morgan fingerprint density at radius 1 is 1.12 bits per heavy atom. The van der Waals surface area contributed by atoms with Gasteiger partial charge in [0.05, 0.1) is 10.0 Å². The topological polar surface area (TPSA) is 25.8 Å². The van der Waals surface area contributed by atoms with E-state index in [0.717, 1.165) is 12.1 Å². The van der Waals surface area contributed by atoms with Gasteiger partial charge in [0.15, 0.2) is 5.82 Å². The van der Waals surface area contributed by atoms with E-state index in [4.69, 9.17) is 11.6 Å². The van der Waals surface area contributed by atoms with Crippen LogP contribution < -0.4 is 0 Å². The zero-order valence-electron chi connectivity index (χ0n) is 8.64. The van der Waals surface area contributed by atoms with Gasteiger partial charge in [0.2, 0.25) is 0 Å². The van der Waals surface area contributed by atoms with E-state index in [1.54, 1.807) is 6.92 Å². The van der Waals surface area contributed by atoms with Gasteiger partial charge in [-0.1, -0.05) is 11.6 Å². The number of aryl methyl sites for hydroxylation is 1. The van der Waals surface area contributed by atoms with Gasteiger partial charge in [-0.25, -0.2) is 18.7 Å². The molecule has 0 bridgehead atoms. The Bertz CT molecular complexity index is 570. The van der Waals surface area contributed by atoms with Crippen molar-refractivity contribution in [2.45, 2.75) is 6.92 Å². The summed E-state index contributed by atoms with van der Waals surface area (Å²) in [6, 6.07) is 3.60. The zero-order valence-corrected chi connectivity index (χ0v) is 11.0. The lowest BCUT2D eigenvalue weighted by atomic mass is 10.2. The Morgan fingerprint density at radius 2 is 1.82 bits per heavy atom. The highest BCUT2D eigenvalue weighted by molar-refractivity contribution is 9.10. The number of aromatic nitrogens is 2. The minimum Gasteiger partial charge on any atom is -0.233 e. The molecule has 6 heteroatoms. The molecule has 0 aliphatic carbocycles. The molecule has 0 saturated carbocycles. The number of hydrogen-bond donors (Lipinski definition) is 0. The van der Waals surface area contributed by atoms with Gasteiger partial charge < -0.3 is 0 Å². The summed E-state index contributed by atoms with van der Waals surface area (Å²) in [5.74, 6) is -1.12. The molecule has 1 aromatic heterocycles. The number of benzene rings is 1. The molecule has 1 aromatic carbocycles. The Morgan fingerprint density at radius 3 is 2.47 bits per heavy atom. The monoisotopic (exact) mass is 318 g/mol. The molecule has 2 aromatic rings. The second-order valence-corrected chi connectivity index (χ2v) is 4.64. The second kappa shape index (κ2) is 4.66. The van der Waals surface area contributed by atoms with Crippen molar-refractivity contribution in [1.29, 1.82) is 0 Å². The van der Waals surface area contributed by atoms with Crippen molar-refractivity contribution >= 4 is 27.5 Å². The molecule has 0 N–H and O–H groups in total. The molecule has 0 unspecified atom stereocenters. The van der Waals surface area contributed by atoms with Crippen LogP contribution in [0.2, 0.25) is 5.15 Å². The van der Waals surface area contributed by atoms with Crippen molar-refractivity contribution in [2.24, 2.45) is 0 Å². The molecule has 0 aliphatic heterocycles. The summed E-state index contributed by atoms with van der Waals surface area (Å²) in [5, 5.41) is 0.190. The summed E-state index contributed by atoms with van der Waals surface area (Å²) < 4.78 is 27.1. The maximum Gasteiger partial charge on any atom is 0.164 e. The van der Waals surface area contributed by atoms with Crippen LogP contribution in [0.4, 0.5) is 8.78 Å². The van der Waals surface area contributed by atoms with Crippen LogP contribution in [-0.2, 0) is 0 Å². The fourth-order valence-corrected chi connectivity index (χ4v) is 1.90. The van der Waals surface area contributed by atoms with E-state index < -0.39 is 11.6 Å². The maximum atomic E-state index is 13.7. The van der Waals surface area contributed by atoms with Crippen LogP contribution in [0.1, 0.15) is 5.69 Å². The van der Waals surface area contributed by atoms with Crippen LogP contribution in [-0.4, -0.2) is 9.97 Å². The van der Waals surface area contributed by atoms with Gasteiger partial charge >= 0.3 is 0 Å². The molecule has 0 amide bonds. The molecule has 0 atom stereocenters. The molecule has 0 saturated heterocycles. The second-order valence-electron chi connectivity index (χ2n) is 3.40. The van der Waals surface area contributed by atoms with E-state index in [1.807, 2.05) is 0 Å². The van der Waals surface area contributed by atoms with Crippen molar-refractivity contribution in [1.82, 2.24) is 9.97 Å². The highest BCUT2D eigenvalue weighted by atomic mass is 79.9. The molecule has 17 heavy (non-hydrogen) atoms. The number of hydrogen-bond acceptors (Lipinski definition) is 2. The Hall–Kier alpha value is -1.07. The summed E-state index contributed by atoms with van der Waals surface area (Å²) in [6.07, 6.45) is 0. The summed E-state index contributed by atoms with van der Waals surface area (Å²) in [4.78, 5) is 7.89. The number of halogens is 4. The molecule has 2 nitrogen and oxygen atoms in total. The Kier molecular flexibility index (Phi) is 3.40. The summed E-state index contributed by atoms with van der Waals surface area (Å²) in [7, 11) is 0. The van der Waals surface area contributed by atoms with Crippen molar-refractivity contribution < 1.29 is 8.78 Å². The largest absolute Gasteiger partial charge is 0.233 e. The van der Waals surface area contributed by atoms with Gasteiger partial charge in [0.25, 0.3) is 0 Å². The fourth-order valence-electron chi connectivity index (χ4n) is 1.34. The van der Waals surface area contributed by atoms with Crippen LogP contribution in [0.5, 0.6) is 0 Å². The van der Waals surface area contributed by atoms with Crippen LogP contribution in [0.15, 0.2) is 22.7 Å². The van der Waals surface area contributed by atoms with E-state index in [1.165, 1.54) is 6.07 Å². The van der Waals surface area contributed by atoms with Crippen LogP contribution in [0.25, 0.3) is 11.4 Å². The lowest BCUT2D eigenvalue weighted by Crippen LogP contribution is -1.96. The van der Waals surface area contributed by atoms with E-state index in [9.17, 15) is 8.78 Å². The van der Waals surface area contributed by atoms with Crippen LogP contribution >= 0.6 is 27.5 Å². The number of nitrogens with zero attached hydrogens (tertiary/aromatic N) is 2. The van der Waals surface area contributed by atoms with Gasteiger partial charge in [-0.2, -0.15) is 0 Å². The Labute approximate surface area is 110 Å². The predicted molar refractivity (Wildman–Crippen MR) is 64.8 cm³/mol. The van der Waals surface area contributed by atoms with Gasteiger partial charge in [0.1, 0.15) is 16.8 Å². The fraction of sp³-hybridized carbons (Fsp3) is 0.0909. The molecular formula is C11H6BrClF2N2. The predicted octanol–water partition coefficient (Wildman–Crippen LogP) is 4.15. The summed E-state index contributed by atoms with van der Waals surface area (Å²) in [6.45, 7) is 1.70. The minimum absolute atomic E-state index is 0.0173. The van der Waals surface area contributed by atoms with Gasteiger partial charge in [-0.3, -0.25) is 0 Å². The first-order valence-corrected chi connectivity index (χ1v) is 5.80. The standard InChI is InChI=1S/C11H6BrClF2N2/c1-5-2-10(13)17-11(16-5)6-3-9(15)7(12)4-8(6)14/h2-4H,1H3. The van der Waals surface area contributed by atoms with Gasteiger partial charge in [0, 0.05) is 5.69 Å². The van der Waals surface area contributed by atoms with Gasteiger partial charge in [-0.05, 0) is 41.1 Å². The Balaban J connectivity index is 2.64. The highest BCUT2D eigenvalue weighted by Gasteiger charge is 2.13. The average Bonchev–Trinajstić information content (AvgIpc) is 2.22. The molecule has 0 fully saturated rings. The molecule has 0 radical (unpaired) electrons. The first-order chi connectivity index (χ1) is 7.97. The third-order valence-corrected chi connectivity index (χ3v) is 2.88. The highest BCUT2D eigenvalue weighted by Crippen LogP contribution is 2.26. The third-order valence-electron chi connectivity index (χ3n) is 2.07. The normalized spacial score (nSPS) is 10.6. The average molecular weight is 320 g/mol. The van der Waals surface area contributed by atoms with Crippen molar-refractivity contribution in [3.63, 3.8) is 0 Å². The van der Waals surface area contributed by atoms with E-state index in [2.05, 4.69) is 25.9 Å². The smallest absolute Gasteiger partial charge is 0.164 e. The molecule has 0 aliphatic rings. The first kappa shape index (κ1) is 12.4. The minimum atomic E-state index is -0.611. The van der Waals surface area contributed by atoms with E-state index in [-0.39, 0.29) is 21.0 Å². The lowest BCUT2D eigenvalue weighted by molar-refractivity contribution is 0.596.